The van der Waals surface area contributed by atoms with Gasteiger partial charge in [0.15, 0.2) is 0 Å². The van der Waals surface area contributed by atoms with Gasteiger partial charge in [0, 0.05) is 12.0 Å². The average molecular weight is 127 g/mol. The molecule has 0 aromatic heterocycles. The van der Waals surface area contributed by atoms with E-state index < -0.39 is 0 Å². The number of rotatable bonds is 3. The zero-order valence-corrected chi connectivity index (χ0v) is 5.67. The van der Waals surface area contributed by atoms with E-state index in [1.54, 1.807) is 0 Å². The molecule has 0 saturated heterocycles. The van der Waals surface area contributed by atoms with Gasteiger partial charge < -0.3 is 10.8 Å². The molecule has 0 heterocycles. The molecule has 0 saturated carbocycles. The summed E-state index contributed by atoms with van der Waals surface area (Å²) in [5.74, 6) is 2.39. The molecule has 0 rings (SSSR count). The molecule has 0 aliphatic rings. The van der Waals surface area contributed by atoms with Gasteiger partial charge in [0.05, 0.1) is 6.61 Å². The van der Waals surface area contributed by atoms with E-state index >= 15 is 0 Å². The molecule has 0 aliphatic heterocycles. The van der Waals surface area contributed by atoms with Crippen molar-refractivity contribution in [2.24, 2.45) is 11.7 Å². The summed E-state index contributed by atoms with van der Waals surface area (Å²) in [6.45, 7) is 1.91. The van der Waals surface area contributed by atoms with Crippen LogP contribution in [0.4, 0.5) is 0 Å². The fraction of sp³-hybridized carbons (Fsp3) is 0.714. The zero-order chi connectivity index (χ0) is 7.28. The third-order valence-corrected chi connectivity index (χ3v) is 1.11. The third kappa shape index (κ3) is 4.01. The second-order valence-electron chi connectivity index (χ2n) is 2.26. The lowest BCUT2D eigenvalue weighted by atomic mass is 10.0. The van der Waals surface area contributed by atoms with E-state index in [-0.39, 0.29) is 18.6 Å². The Morgan fingerprint density at radius 2 is 2.33 bits per heavy atom. The Balaban J connectivity index is 3.47. The Morgan fingerprint density at radius 1 is 1.78 bits per heavy atom. The summed E-state index contributed by atoms with van der Waals surface area (Å²) < 4.78 is 0. The van der Waals surface area contributed by atoms with Crippen LogP contribution in [0.25, 0.3) is 0 Å². The molecule has 3 N–H and O–H groups in total. The highest BCUT2D eigenvalue weighted by Crippen LogP contribution is 2.01. The lowest BCUT2D eigenvalue weighted by molar-refractivity contribution is 0.246. The molecule has 0 aromatic carbocycles. The Morgan fingerprint density at radius 3 is 2.44 bits per heavy atom. The summed E-state index contributed by atoms with van der Waals surface area (Å²) in [7, 11) is 0. The van der Waals surface area contributed by atoms with Crippen LogP contribution in [-0.2, 0) is 0 Å². The molecule has 0 aliphatic carbocycles. The van der Waals surface area contributed by atoms with Crippen molar-refractivity contribution in [1.29, 1.82) is 0 Å². The highest BCUT2D eigenvalue weighted by molar-refractivity contribution is 4.93. The minimum Gasteiger partial charge on any atom is -0.395 e. The number of aliphatic hydroxyl groups is 1. The molecular weight excluding hydrogens is 114 g/mol. The van der Waals surface area contributed by atoms with Gasteiger partial charge in [-0.25, -0.2) is 0 Å². The van der Waals surface area contributed by atoms with Crippen LogP contribution in [0.5, 0.6) is 0 Å². The van der Waals surface area contributed by atoms with Gasteiger partial charge in [0.2, 0.25) is 0 Å². The van der Waals surface area contributed by atoms with Crippen molar-refractivity contribution in [3.05, 3.63) is 0 Å². The Bertz CT molecular complexity index is 104. The Hall–Kier alpha value is -0.520. The molecule has 2 unspecified atom stereocenters. The zero-order valence-electron chi connectivity index (χ0n) is 5.67. The van der Waals surface area contributed by atoms with E-state index in [0.29, 0.717) is 6.42 Å². The summed E-state index contributed by atoms with van der Waals surface area (Å²) in [6.07, 6.45) is 5.77. The van der Waals surface area contributed by atoms with Gasteiger partial charge in [-0.05, 0) is 13.3 Å². The van der Waals surface area contributed by atoms with Crippen LogP contribution in [0.2, 0.25) is 0 Å². The average Bonchev–Trinajstić information content (AvgIpc) is 1.82. The maximum absolute atomic E-state index is 8.58. The molecule has 0 bridgehead atoms. The first-order chi connectivity index (χ1) is 4.20. The van der Waals surface area contributed by atoms with Crippen LogP contribution < -0.4 is 5.73 Å². The molecule has 2 atom stereocenters. The topological polar surface area (TPSA) is 46.2 Å². The van der Waals surface area contributed by atoms with Crippen LogP contribution in [0, 0.1) is 18.3 Å². The van der Waals surface area contributed by atoms with Gasteiger partial charge in [-0.1, -0.05) is 0 Å². The third-order valence-electron chi connectivity index (χ3n) is 1.11. The quantitative estimate of drug-likeness (QED) is 0.523. The monoisotopic (exact) mass is 127 g/mol. The second kappa shape index (κ2) is 4.37. The summed E-state index contributed by atoms with van der Waals surface area (Å²) in [6, 6.07) is 0.0817. The van der Waals surface area contributed by atoms with Crippen molar-refractivity contribution >= 4 is 0 Å². The van der Waals surface area contributed by atoms with Crippen LogP contribution in [0.15, 0.2) is 0 Å². The predicted molar refractivity (Wildman–Crippen MR) is 37.7 cm³/mol. The number of terminal acetylenes is 1. The van der Waals surface area contributed by atoms with Gasteiger partial charge >= 0.3 is 0 Å². The van der Waals surface area contributed by atoms with E-state index in [2.05, 4.69) is 5.92 Å². The normalized spacial score (nSPS) is 16.2. The van der Waals surface area contributed by atoms with Crippen LogP contribution in [-0.4, -0.2) is 17.8 Å². The van der Waals surface area contributed by atoms with Crippen LogP contribution >= 0.6 is 0 Å². The van der Waals surface area contributed by atoms with Crippen molar-refractivity contribution in [3.63, 3.8) is 0 Å². The summed E-state index contributed by atoms with van der Waals surface area (Å²) in [5.41, 5.74) is 5.44. The van der Waals surface area contributed by atoms with Crippen molar-refractivity contribution in [3.8, 4) is 12.3 Å². The second-order valence-corrected chi connectivity index (χ2v) is 2.26. The first kappa shape index (κ1) is 8.48. The lowest BCUT2D eigenvalue weighted by Crippen LogP contribution is -2.20. The highest BCUT2D eigenvalue weighted by Gasteiger charge is 2.04. The van der Waals surface area contributed by atoms with Gasteiger partial charge in [-0.2, -0.15) is 0 Å². The number of aliphatic hydroxyl groups excluding tert-OH is 1. The summed E-state index contributed by atoms with van der Waals surface area (Å²) in [5, 5.41) is 8.58. The highest BCUT2D eigenvalue weighted by atomic mass is 16.3. The first-order valence-corrected chi connectivity index (χ1v) is 3.03. The fourth-order valence-corrected chi connectivity index (χ4v) is 0.644. The number of hydrogen-bond acceptors (Lipinski definition) is 2. The van der Waals surface area contributed by atoms with E-state index in [1.165, 1.54) is 0 Å². The van der Waals surface area contributed by atoms with Gasteiger partial charge in [-0.3, -0.25) is 0 Å². The minimum atomic E-state index is -0.0648. The lowest BCUT2D eigenvalue weighted by Gasteiger charge is -2.08. The van der Waals surface area contributed by atoms with Gasteiger partial charge in [-0.15, -0.1) is 12.3 Å². The summed E-state index contributed by atoms with van der Waals surface area (Å²) >= 11 is 0. The van der Waals surface area contributed by atoms with E-state index in [9.17, 15) is 0 Å². The van der Waals surface area contributed by atoms with E-state index in [1.807, 2.05) is 6.92 Å². The van der Waals surface area contributed by atoms with Crippen molar-refractivity contribution in [1.82, 2.24) is 0 Å². The van der Waals surface area contributed by atoms with E-state index in [0.717, 1.165) is 0 Å². The molecule has 0 radical (unpaired) electrons. The molecule has 0 amide bonds. The minimum absolute atomic E-state index is 0.0397. The van der Waals surface area contributed by atoms with Crippen molar-refractivity contribution in [2.75, 3.05) is 6.61 Å². The molecule has 2 nitrogen and oxygen atoms in total. The van der Waals surface area contributed by atoms with Crippen LogP contribution in [0.3, 0.4) is 0 Å². The molecule has 2 heteroatoms. The molecular formula is C7H13NO. The Kier molecular flexibility index (Phi) is 4.12. The molecule has 9 heavy (non-hydrogen) atoms. The maximum Gasteiger partial charge on any atom is 0.0569 e. The van der Waals surface area contributed by atoms with Gasteiger partial charge in [0.25, 0.3) is 0 Å². The predicted octanol–water partition coefficient (Wildman–Crippen LogP) is -0.0346. The summed E-state index contributed by atoms with van der Waals surface area (Å²) in [4.78, 5) is 0. The smallest absolute Gasteiger partial charge is 0.0569 e. The SMILES string of the molecule is C#CC(CO)CC(C)N. The first-order valence-electron chi connectivity index (χ1n) is 3.03. The van der Waals surface area contributed by atoms with Crippen molar-refractivity contribution < 1.29 is 5.11 Å². The van der Waals surface area contributed by atoms with Crippen LogP contribution in [0.1, 0.15) is 13.3 Å². The van der Waals surface area contributed by atoms with Gasteiger partial charge in [0.1, 0.15) is 0 Å². The molecule has 0 spiro atoms. The Labute approximate surface area is 56.1 Å². The fourth-order valence-electron chi connectivity index (χ4n) is 0.644. The van der Waals surface area contributed by atoms with Crippen molar-refractivity contribution in [2.45, 2.75) is 19.4 Å². The maximum atomic E-state index is 8.58. The number of hydrogen-bond donors (Lipinski definition) is 2. The molecule has 52 valence electrons. The largest absolute Gasteiger partial charge is 0.395 e. The number of nitrogens with two attached hydrogens (primary N) is 1. The standard InChI is InChI=1S/C7H13NO/c1-3-7(5-9)4-6(2)8/h1,6-7,9H,4-5,8H2,2H3. The molecule has 0 fully saturated rings. The van der Waals surface area contributed by atoms with E-state index in [4.69, 9.17) is 17.3 Å². The molecule has 0 aromatic rings.